The molecule has 0 N–H and O–H groups in total. The molecule has 6 heavy (non-hydrogen) atoms. The Morgan fingerprint density at radius 3 is 2.67 bits per heavy atom. The third kappa shape index (κ3) is 1.78. The van der Waals surface area contributed by atoms with Gasteiger partial charge in [0.05, 0.1) is 0 Å². The van der Waals surface area contributed by atoms with Crippen LogP contribution >= 0.6 is 27.1 Å². The highest BCUT2D eigenvalue weighted by molar-refractivity contribution is 8.67. The van der Waals surface area contributed by atoms with Crippen molar-refractivity contribution in [3.8, 4) is 0 Å². The molecule has 1 fully saturated rings. The lowest BCUT2D eigenvalue weighted by molar-refractivity contribution is 1.13. The first-order valence-corrected chi connectivity index (χ1v) is 7.01. The van der Waals surface area contributed by atoms with Crippen LogP contribution in [0.2, 0.25) is 0 Å². The van der Waals surface area contributed by atoms with Crippen LogP contribution < -0.4 is 0 Å². The first kappa shape index (κ1) is 5.35. The smallest absolute Gasteiger partial charge is 0.00216 e. The predicted molar refractivity (Wildman–Crippen MR) is 38.6 cm³/mol. The van der Waals surface area contributed by atoms with E-state index in [1.165, 1.54) is 34.1 Å². The molecular weight excluding hydrogens is 130 g/mol. The third-order valence-electron chi connectivity index (χ3n) is 0.693. The lowest BCUT2D eigenvalue weighted by atomic mass is 10.6. The molecule has 0 aromatic rings. The van der Waals surface area contributed by atoms with Gasteiger partial charge in [0.2, 0.25) is 0 Å². The quantitative estimate of drug-likeness (QED) is 0.463. The molecule has 2 unspecified atom stereocenters. The molecule has 0 aromatic carbocycles. The van der Waals surface area contributed by atoms with Crippen LogP contribution in [0.1, 0.15) is 6.42 Å². The molecule has 0 saturated carbocycles. The van der Waals surface area contributed by atoms with Crippen LogP contribution in [0.4, 0.5) is 0 Å². The van der Waals surface area contributed by atoms with Crippen LogP contribution in [0.15, 0.2) is 0 Å². The zero-order chi connectivity index (χ0) is 4.24. The average molecular weight is 138 g/mol. The molecule has 0 aromatic heterocycles. The summed E-state index contributed by atoms with van der Waals surface area (Å²) in [5.74, 6) is 1.44. The Morgan fingerprint density at radius 1 is 1.50 bits per heavy atom. The molecule has 0 aliphatic carbocycles. The predicted octanol–water partition coefficient (Wildman–Crippen LogP) is 2.31. The van der Waals surface area contributed by atoms with E-state index in [-0.39, 0.29) is 0 Å². The van der Waals surface area contributed by atoms with Crippen molar-refractivity contribution in [2.75, 3.05) is 11.9 Å². The SMILES string of the molecule is C1CPPSC1. The molecule has 0 radical (unpaired) electrons. The Kier molecular flexibility index (Phi) is 2.89. The van der Waals surface area contributed by atoms with Crippen molar-refractivity contribution < 1.29 is 0 Å². The van der Waals surface area contributed by atoms with Crippen LogP contribution in [0.25, 0.3) is 0 Å². The molecule has 1 aliphatic rings. The molecule has 1 heterocycles. The molecule has 1 aliphatic heterocycles. The van der Waals surface area contributed by atoms with E-state index in [4.69, 9.17) is 0 Å². The molecule has 2 atom stereocenters. The van der Waals surface area contributed by atoms with Gasteiger partial charge in [0.15, 0.2) is 0 Å². The van der Waals surface area contributed by atoms with Gasteiger partial charge in [-0.1, -0.05) is 8.27 Å². The van der Waals surface area contributed by atoms with Crippen molar-refractivity contribution in [1.82, 2.24) is 0 Å². The van der Waals surface area contributed by atoms with Gasteiger partial charge in [0.25, 0.3) is 0 Å². The minimum absolute atomic E-state index is 1.25. The van der Waals surface area contributed by atoms with E-state index >= 15 is 0 Å². The van der Waals surface area contributed by atoms with E-state index in [1.807, 2.05) is 0 Å². The first-order chi connectivity index (χ1) is 3.00. The molecule has 0 amide bonds. The first-order valence-electron chi connectivity index (χ1n) is 2.10. The minimum Gasteiger partial charge on any atom is -0.133 e. The minimum atomic E-state index is 1.25. The highest BCUT2D eigenvalue weighted by Gasteiger charge is 1.95. The van der Waals surface area contributed by atoms with Crippen LogP contribution in [0.3, 0.4) is 0 Å². The zero-order valence-corrected chi connectivity index (χ0v) is 6.35. The van der Waals surface area contributed by atoms with Gasteiger partial charge >= 0.3 is 0 Å². The number of hydrogen-bond acceptors (Lipinski definition) is 1. The normalized spacial score (nSPS) is 32.0. The fourth-order valence-corrected chi connectivity index (χ4v) is 6.23. The maximum Gasteiger partial charge on any atom is -0.00216 e. The monoisotopic (exact) mass is 138 g/mol. The van der Waals surface area contributed by atoms with Gasteiger partial charge in [-0.25, -0.2) is 0 Å². The lowest BCUT2D eigenvalue weighted by Crippen LogP contribution is -1.79. The molecule has 1 rings (SSSR count). The van der Waals surface area contributed by atoms with Crippen molar-refractivity contribution >= 4 is 27.1 Å². The van der Waals surface area contributed by atoms with Gasteiger partial charge in [-0.3, -0.25) is 0 Å². The molecule has 3 heteroatoms. The fourth-order valence-electron chi connectivity index (χ4n) is 0.386. The van der Waals surface area contributed by atoms with Gasteiger partial charge in [-0.15, -0.1) is 11.4 Å². The van der Waals surface area contributed by atoms with Gasteiger partial charge in [0.1, 0.15) is 0 Å². The Hall–Kier alpha value is 1.21. The second-order valence-corrected chi connectivity index (χ2v) is 7.36. The van der Waals surface area contributed by atoms with Crippen LogP contribution in [0.5, 0.6) is 0 Å². The summed E-state index contributed by atoms with van der Waals surface area (Å²) in [6.45, 7) is 0. The summed E-state index contributed by atoms with van der Waals surface area (Å²) in [6.07, 6.45) is 3.00. The Bertz CT molecular complexity index is 24.3. The van der Waals surface area contributed by atoms with Crippen molar-refractivity contribution in [1.29, 1.82) is 0 Å². The number of rotatable bonds is 0. The summed E-state index contributed by atoms with van der Waals surface area (Å²) in [7, 11) is 2.54. The van der Waals surface area contributed by atoms with Gasteiger partial charge in [0, 0.05) is 0 Å². The summed E-state index contributed by atoms with van der Waals surface area (Å²) >= 11 is 2.14. The van der Waals surface area contributed by atoms with Crippen molar-refractivity contribution in [2.24, 2.45) is 0 Å². The van der Waals surface area contributed by atoms with E-state index in [9.17, 15) is 0 Å². The second-order valence-electron chi connectivity index (χ2n) is 1.23. The van der Waals surface area contributed by atoms with E-state index in [2.05, 4.69) is 11.4 Å². The van der Waals surface area contributed by atoms with E-state index in [0.29, 0.717) is 0 Å². The van der Waals surface area contributed by atoms with E-state index < -0.39 is 0 Å². The molecule has 36 valence electrons. The number of hydrogen-bond donors (Lipinski definition) is 0. The van der Waals surface area contributed by atoms with Gasteiger partial charge in [-0.05, 0) is 25.8 Å². The summed E-state index contributed by atoms with van der Waals surface area (Å²) in [5.41, 5.74) is 0. The van der Waals surface area contributed by atoms with Crippen LogP contribution in [0, 0.1) is 0 Å². The van der Waals surface area contributed by atoms with Crippen molar-refractivity contribution in [3.63, 3.8) is 0 Å². The summed E-state index contributed by atoms with van der Waals surface area (Å²) in [6, 6.07) is 0. The average Bonchev–Trinajstić information content (AvgIpc) is 1.72. The Labute approximate surface area is 46.1 Å². The van der Waals surface area contributed by atoms with E-state index in [0.717, 1.165) is 0 Å². The lowest BCUT2D eigenvalue weighted by Gasteiger charge is -2.06. The molecule has 0 bridgehead atoms. The molecule has 0 spiro atoms. The van der Waals surface area contributed by atoms with Gasteiger partial charge in [-0.2, -0.15) is 0 Å². The van der Waals surface area contributed by atoms with Crippen molar-refractivity contribution in [2.45, 2.75) is 6.42 Å². The van der Waals surface area contributed by atoms with Gasteiger partial charge < -0.3 is 0 Å². The zero-order valence-electron chi connectivity index (χ0n) is 3.53. The third-order valence-corrected chi connectivity index (χ3v) is 6.90. The molecule has 1 saturated heterocycles. The van der Waals surface area contributed by atoms with Crippen LogP contribution in [-0.2, 0) is 0 Å². The molecule has 0 nitrogen and oxygen atoms in total. The highest BCUT2D eigenvalue weighted by Crippen LogP contribution is 2.51. The second kappa shape index (κ2) is 3.24. The topological polar surface area (TPSA) is 0 Å². The summed E-state index contributed by atoms with van der Waals surface area (Å²) in [4.78, 5) is 0. The Balaban J connectivity index is 2.00. The summed E-state index contributed by atoms with van der Waals surface area (Å²) in [5, 5.41) is 0. The molecular formula is C3H8P2S. The van der Waals surface area contributed by atoms with Crippen molar-refractivity contribution in [3.05, 3.63) is 0 Å². The van der Waals surface area contributed by atoms with E-state index in [1.54, 1.807) is 0 Å². The largest absolute Gasteiger partial charge is 0.133 e. The fraction of sp³-hybridized carbons (Fsp3) is 1.00. The van der Waals surface area contributed by atoms with Crippen LogP contribution in [-0.4, -0.2) is 11.9 Å². The summed E-state index contributed by atoms with van der Waals surface area (Å²) < 4.78 is 0. The standard InChI is InChI=1S/C3H8P2S/c1-2-4-5-6-3-1/h4-5H,1-3H2. The highest BCUT2D eigenvalue weighted by atomic mass is 32.9. The Morgan fingerprint density at radius 2 is 2.50 bits per heavy atom. The maximum absolute atomic E-state index is 2.14. The maximum atomic E-state index is 2.14.